The predicted octanol–water partition coefficient (Wildman–Crippen LogP) is 4.25. The molecule has 120 valence electrons. The molecule has 0 heterocycles. The monoisotopic (exact) mass is 295 g/mol. The Hall–Kier alpha value is -0.930. The highest BCUT2D eigenvalue weighted by Gasteiger charge is 2.36. The van der Waals surface area contributed by atoms with Gasteiger partial charge in [-0.1, -0.05) is 26.8 Å². The minimum atomic E-state index is -0.168. The van der Waals surface area contributed by atoms with Crippen LogP contribution in [0.15, 0.2) is 18.2 Å². The summed E-state index contributed by atoms with van der Waals surface area (Å²) in [4.78, 5) is 0. The number of benzene rings is 1. The molecule has 0 radical (unpaired) electrons. The Morgan fingerprint density at radius 1 is 1.19 bits per heavy atom. The maximum absolute atomic E-state index is 13.3. The number of ether oxygens (including phenoxy) is 1. The third kappa shape index (κ3) is 4.52. The second kappa shape index (κ2) is 8.50. The van der Waals surface area contributed by atoms with Crippen molar-refractivity contribution in [3.05, 3.63) is 35.1 Å². The molecule has 1 aromatic rings. The van der Waals surface area contributed by atoms with E-state index in [1.807, 2.05) is 19.9 Å². The lowest BCUT2D eigenvalue weighted by Crippen LogP contribution is -2.53. The number of halogens is 1. The Balaban J connectivity index is 3.04. The molecular weight excluding hydrogens is 265 g/mol. The van der Waals surface area contributed by atoms with Crippen molar-refractivity contribution in [2.75, 3.05) is 13.2 Å². The standard InChI is InChI=1S/C18H30FNO/c1-6-18(7-2,21-9-4)17(20-8-3)13-15-10-11-16(19)12-14(15)5/h10-12,17,20H,6-9,13H2,1-5H3. The predicted molar refractivity (Wildman–Crippen MR) is 87.2 cm³/mol. The van der Waals surface area contributed by atoms with Crippen molar-refractivity contribution in [3.8, 4) is 0 Å². The van der Waals surface area contributed by atoms with Crippen LogP contribution in [-0.2, 0) is 11.2 Å². The van der Waals surface area contributed by atoms with Crippen LogP contribution < -0.4 is 5.32 Å². The molecule has 0 aliphatic carbocycles. The fourth-order valence-corrected chi connectivity index (χ4v) is 3.13. The third-order valence-corrected chi connectivity index (χ3v) is 4.44. The van der Waals surface area contributed by atoms with Gasteiger partial charge in [0.2, 0.25) is 0 Å². The van der Waals surface area contributed by atoms with E-state index in [-0.39, 0.29) is 17.5 Å². The van der Waals surface area contributed by atoms with Gasteiger partial charge in [0.05, 0.1) is 5.60 Å². The van der Waals surface area contributed by atoms with E-state index in [9.17, 15) is 4.39 Å². The summed E-state index contributed by atoms with van der Waals surface area (Å²) in [5.41, 5.74) is 2.04. The zero-order chi connectivity index (χ0) is 15.9. The second-order valence-corrected chi connectivity index (χ2v) is 5.59. The van der Waals surface area contributed by atoms with Crippen molar-refractivity contribution in [3.63, 3.8) is 0 Å². The van der Waals surface area contributed by atoms with Crippen LogP contribution in [0.5, 0.6) is 0 Å². The lowest BCUT2D eigenvalue weighted by Gasteiger charge is -2.40. The second-order valence-electron chi connectivity index (χ2n) is 5.59. The van der Waals surface area contributed by atoms with Crippen LogP contribution in [-0.4, -0.2) is 24.8 Å². The molecule has 0 spiro atoms. The number of likely N-dealkylation sites (N-methyl/N-ethyl adjacent to an activating group) is 1. The van der Waals surface area contributed by atoms with Crippen LogP contribution in [0.2, 0.25) is 0 Å². The van der Waals surface area contributed by atoms with Crippen LogP contribution in [0.25, 0.3) is 0 Å². The van der Waals surface area contributed by atoms with Crippen molar-refractivity contribution in [2.24, 2.45) is 0 Å². The van der Waals surface area contributed by atoms with Crippen LogP contribution in [0.3, 0.4) is 0 Å². The summed E-state index contributed by atoms with van der Waals surface area (Å²) >= 11 is 0. The van der Waals surface area contributed by atoms with E-state index in [1.54, 1.807) is 12.1 Å². The molecule has 0 fully saturated rings. The van der Waals surface area contributed by atoms with Gasteiger partial charge in [0.25, 0.3) is 0 Å². The van der Waals surface area contributed by atoms with Gasteiger partial charge in [-0.2, -0.15) is 0 Å². The van der Waals surface area contributed by atoms with Crippen molar-refractivity contribution < 1.29 is 9.13 Å². The van der Waals surface area contributed by atoms with Gasteiger partial charge in [-0.15, -0.1) is 0 Å². The summed E-state index contributed by atoms with van der Waals surface area (Å²) in [5.74, 6) is -0.168. The molecule has 1 atom stereocenters. The Kier molecular flexibility index (Phi) is 7.33. The number of hydrogen-bond acceptors (Lipinski definition) is 2. The SMILES string of the molecule is CCNC(Cc1ccc(F)cc1C)C(CC)(CC)OCC. The summed E-state index contributed by atoms with van der Waals surface area (Å²) in [6.07, 6.45) is 2.80. The molecule has 1 N–H and O–H groups in total. The summed E-state index contributed by atoms with van der Waals surface area (Å²) in [6, 6.07) is 5.29. The van der Waals surface area contributed by atoms with Crippen molar-refractivity contribution in [1.29, 1.82) is 0 Å². The van der Waals surface area contributed by atoms with E-state index < -0.39 is 0 Å². The van der Waals surface area contributed by atoms with Gasteiger partial charge in [-0.3, -0.25) is 0 Å². The van der Waals surface area contributed by atoms with Crippen LogP contribution in [0.1, 0.15) is 51.7 Å². The average Bonchev–Trinajstić information content (AvgIpc) is 2.47. The number of hydrogen-bond donors (Lipinski definition) is 1. The zero-order valence-electron chi connectivity index (χ0n) is 14.1. The van der Waals surface area contributed by atoms with Crippen molar-refractivity contribution >= 4 is 0 Å². The number of aryl methyl sites for hydroxylation is 1. The molecule has 0 saturated carbocycles. The molecule has 1 unspecified atom stereocenters. The van der Waals surface area contributed by atoms with Crippen LogP contribution in [0.4, 0.5) is 4.39 Å². The molecule has 0 aliphatic rings. The van der Waals surface area contributed by atoms with Gasteiger partial charge in [0.1, 0.15) is 5.82 Å². The first-order valence-corrected chi connectivity index (χ1v) is 8.15. The fourth-order valence-electron chi connectivity index (χ4n) is 3.13. The van der Waals surface area contributed by atoms with Gasteiger partial charge >= 0.3 is 0 Å². The van der Waals surface area contributed by atoms with Crippen molar-refractivity contribution in [2.45, 2.75) is 65.5 Å². The van der Waals surface area contributed by atoms with Gasteiger partial charge in [0, 0.05) is 12.6 Å². The van der Waals surface area contributed by atoms with Crippen molar-refractivity contribution in [1.82, 2.24) is 5.32 Å². The minimum Gasteiger partial charge on any atom is -0.374 e. The zero-order valence-corrected chi connectivity index (χ0v) is 14.1. The third-order valence-electron chi connectivity index (χ3n) is 4.44. The van der Waals surface area contributed by atoms with E-state index in [0.29, 0.717) is 6.61 Å². The summed E-state index contributed by atoms with van der Waals surface area (Å²) < 4.78 is 19.4. The quantitative estimate of drug-likeness (QED) is 0.735. The maximum Gasteiger partial charge on any atom is 0.123 e. The first-order valence-electron chi connectivity index (χ1n) is 8.15. The first-order chi connectivity index (χ1) is 10.0. The Morgan fingerprint density at radius 3 is 2.33 bits per heavy atom. The Labute approximate surface area is 129 Å². The lowest BCUT2D eigenvalue weighted by atomic mass is 9.83. The highest BCUT2D eigenvalue weighted by atomic mass is 19.1. The molecular formula is C18H30FNO. The molecule has 0 aromatic heterocycles. The lowest BCUT2D eigenvalue weighted by molar-refractivity contribution is -0.0716. The molecule has 0 saturated heterocycles. The smallest absolute Gasteiger partial charge is 0.123 e. The Morgan fingerprint density at radius 2 is 1.86 bits per heavy atom. The number of rotatable bonds is 9. The van der Waals surface area contributed by atoms with Crippen LogP contribution >= 0.6 is 0 Å². The molecule has 0 aliphatic heterocycles. The summed E-state index contributed by atoms with van der Waals surface area (Å²) in [7, 11) is 0. The van der Waals surface area contributed by atoms with Gasteiger partial charge < -0.3 is 10.1 Å². The van der Waals surface area contributed by atoms with Gasteiger partial charge in [0.15, 0.2) is 0 Å². The highest BCUT2D eigenvalue weighted by molar-refractivity contribution is 5.28. The van der Waals surface area contributed by atoms with Gasteiger partial charge in [-0.05, 0) is 62.9 Å². The van der Waals surface area contributed by atoms with E-state index in [1.165, 1.54) is 5.56 Å². The van der Waals surface area contributed by atoms with Gasteiger partial charge in [-0.25, -0.2) is 4.39 Å². The first kappa shape index (κ1) is 18.1. The average molecular weight is 295 g/mol. The fraction of sp³-hybridized carbons (Fsp3) is 0.667. The summed E-state index contributed by atoms with van der Waals surface area (Å²) in [6.45, 7) is 12.1. The molecule has 0 amide bonds. The topological polar surface area (TPSA) is 21.3 Å². The highest BCUT2D eigenvalue weighted by Crippen LogP contribution is 2.28. The van der Waals surface area contributed by atoms with E-state index in [0.717, 1.165) is 31.4 Å². The van der Waals surface area contributed by atoms with E-state index in [4.69, 9.17) is 4.74 Å². The largest absolute Gasteiger partial charge is 0.374 e. The number of nitrogens with one attached hydrogen (secondary N) is 1. The normalized spacial score (nSPS) is 13.4. The molecule has 2 nitrogen and oxygen atoms in total. The summed E-state index contributed by atoms with van der Waals surface area (Å²) in [5, 5.41) is 3.58. The minimum absolute atomic E-state index is 0.161. The van der Waals surface area contributed by atoms with E-state index in [2.05, 4.69) is 26.1 Å². The van der Waals surface area contributed by atoms with E-state index >= 15 is 0 Å². The molecule has 21 heavy (non-hydrogen) atoms. The molecule has 3 heteroatoms. The molecule has 0 bridgehead atoms. The Bertz CT molecular complexity index is 429. The molecule has 1 aromatic carbocycles. The maximum atomic E-state index is 13.3. The molecule has 1 rings (SSSR count). The van der Waals surface area contributed by atoms with Crippen LogP contribution in [0, 0.1) is 12.7 Å².